The number of rotatable bonds is 0. The molecule has 3 nitrogen and oxygen atoms in total. The zero-order valence-electron chi connectivity index (χ0n) is 5.67. The molecule has 0 aliphatic heterocycles. The molecule has 0 bridgehead atoms. The second kappa shape index (κ2) is 2.74. The molecule has 0 fully saturated rings. The zero-order valence-corrected chi connectivity index (χ0v) is 6.49. The van der Waals surface area contributed by atoms with Gasteiger partial charge in [0.1, 0.15) is 0 Å². The first kappa shape index (κ1) is 8.98. The molecule has 7 heteroatoms. The molecule has 0 spiro atoms. The molecule has 0 atom stereocenters. The molecule has 1 rings (SSSR count). The van der Waals surface area contributed by atoms with Crippen molar-refractivity contribution >= 4 is 17.3 Å². The van der Waals surface area contributed by atoms with Crippen LogP contribution in [0.5, 0.6) is 0 Å². The minimum atomic E-state index is -4.45. The van der Waals surface area contributed by atoms with Gasteiger partial charge in [0.25, 0.3) is 0 Å². The van der Waals surface area contributed by atoms with Crippen molar-refractivity contribution < 1.29 is 13.2 Å². The maximum absolute atomic E-state index is 11.9. The van der Waals surface area contributed by atoms with E-state index in [0.717, 1.165) is 16.9 Å². The molecular weight excluding hydrogens is 191 g/mol. The van der Waals surface area contributed by atoms with Crippen LogP contribution in [0.2, 0.25) is 0 Å². The summed E-state index contributed by atoms with van der Waals surface area (Å²) in [6.45, 7) is 0. The summed E-state index contributed by atoms with van der Waals surface area (Å²) in [4.78, 5) is 0. The van der Waals surface area contributed by atoms with Crippen LogP contribution in [0, 0.1) is 0 Å². The highest BCUT2D eigenvalue weighted by molar-refractivity contribution is 7.80. The normalized spacial score (nSPS) is 11.6. The summed E-state index contributed by atoms with van der Waals surface area (Å²) in [5, 5.41) is 2.89. The molecule has 1 aromatic rings. The number of thiocarbonyl (C=S) groups is 1. The Balaban J connectivity index is 3.00. The summed E-state index contributed by atoms with van der Waals surface area (Å²) in [6.07, 6.45) is -3.39. The van der Waals surface area contributed by atoms with Crippen molar-refractivity contribution in [3.05, 3.63) is 18.0 Å². The quantitative estimate of drug-likeness (QED) is 0.628. The second-order valence-electron chi connectivity index (χ2n) is 1.98. The van der Waals surface area contributed by atoms with Gasteiger partial charge in [-0.25, -0.2) is 4.68 Å². The molecule has 0 amide bonds. The highest BCUT2D eigenvalue weighted by atomic mass is 32.1. The van der Waals surface area contributed by atoms with E-state index in [1.807, 2.05) is 0 Å². The van der Waals surface area contributed by atoms with Crippen LogP contribution in [0.4, 0.5) is 13.2 Å². The first-order valence-electron chi connectivity index (χ1n) is 2.84. The molecule has 0 aliphatic carbocycles. The Morgan fingerprint density at radius 1 is 1.58 bits per heavy atom. The minimum absolute atomic E-state index is 0.217. The van der Waals surface area contributed by atoms with Gasteiger partial charge in [-0.2, -0.15) is 18.3 Å². The summed E-state index contributed by atoms with van der Waals surface area (Å²) in [7, 11) is 0. The number of hydrogen-bond acceptors (Lipinski definition) is 2. The minimum Gasteiger partial charge on any atom is -0.374 e. The molecule has 1 heterocycles. The number of nitrogens with zero attached hydrogens (tertiary/aromatic N) is 2. The number of hydrogen-bond donors (Lipinski definition) is 1. The Morgan fingerprint density at radius 3 is 2.42 bits per heavy atom. The lowest BCUT2D eigenvalue weighted by Gasteiger charge is -2.00. The molecular formula is C5H4F3N3S. The van der Waals surface area contributed by atoms with Crippen molar-refractivity contribution in [3.63, 3.8) is 0 Å². The third-order valence-corrected chi connectivity index (χ3v) is 1.29. The number of aromatic nitrogens is 2. The lowest BCUT2D eigenvalue weighted by Crippen LogP contribution is -2.20. The van der Waals surface area contributed by atoms with Gasteiger partial charge in [-0.1, -0.05) is 0 Å². The highest BCUT2D eigenvalue weighted by Gasteiger charge is 2.33. The molecule has 0 unspecified atom stereocenters. The third kappa shape index (κ3) is 1.73. The Labute approximate surface area is 71.0 Å². The monoisotopic (exact) mass is 195 g/mol. The molecule has 0 aliphatic rings. The van der Waals surface area contributed by atoms with Crippen LogP contribution in [0.15, 0.2) is 12.3 Å². The van der Waals surface area contributed by atoms with Crippen LogP contribution >= 0.6 is 12.2 Å². The van der Waals surface area contributed by atoms with E-state index in [1.54, 1.807) is 0 Å². The van der Waals surface area contributed by atoms with Crippen molar-refractivity contribution in [3.8, 4) is 0 Å². The lowest BCUT2D eigenvalue weighted by atomic mass is 10.4. The lowest BCUT2D eigenvalue weighted by molar-refractivity contribution is -0.141. The largest absolute Gasteiger partial charge is 0.435 e. The van der Waals surface area contributed by atoms with Gasteiger partial charge in [0, 0.05) is 6.20 Å². The van der Waals surface area contributed by atoms with Gasteiger partial charge in [0.15, 0.2) is 10.8 Å². The van der Waals surface area contributed by atoms with E-state index in [9.17, 15) is 13.2 Å². The maximum atomic E-state index is 11.9. The van der Waals surface area contributed by atoms with E-state index < -0.39 is 11.9 Å². The summed E-state index contributed by atoms with van der Waals surface area (Å²) in [5.41, 5.74) is 4.03. The molecule has 0 saturated carbocycles. The van der Waals surface area contributed by atoms with E-state index in [1.165, 1.54) is 0 Å². The number of alkyl halides is 3. The van der Waals surface area contributed by atoms with Gasteiger partial charge < -0.3 is 5.73 Å². The molecule has 0 radical (unpaired) electrons. The zero-order chi connectivity index (χ0) is 9.35. The molecule has 0 saturated heterocycles. The molecule has 0 aromatic carbocycles. The molecule has 1 aromatic heterocycles. The van der Waals surface area contributed by atoms with E-state index in [2.05, 4.69) is 17.3 Å². The van der Waals surface area contributed by atoms with E-state index in [-0.39, 0.29) is 5.11 Å². The fourth-order valence-corrected chi connectivity index (χ4v) is 0.700. The molecule has 66 valence electrons. The Kier molecular flexibility index (Phi) is 2.05. The van der Waals surface area contributed by atoms with Crippen molar-refractivity contribution in [2.75, 3.05) is 0 Å². The summed E-state index contributed by atoms with van der Waals surface area (Å²) in [5.74, 6) is 0. The fraction of sp³-hybridized carbons (Fsp3) is 0.200. The Hall–Kier alpha value is -1.11. The molecule has 12 heavy (non-hydrogen) atoms. The molecule has 2 N–H and O–H groups in total. The standard InChI is InChI=1S/C5H4F3N3S/c6-5(7,8)3-1-2-11(10-3)4(9)12/h1-2H,(H2,9,12). The van der Waals surface area contributed by atoms with Crippen LogP contribution in [-0.2, 0) is 6.18 Å². The van der Waals surface area contributed by atoms with Crippen molar-refractivity contribution in [2.24, 2.45) is 5.73 Å². The van der Waals surface area contributed by atoms with Crippen molar-refractivity contribution in [1.29, 1.82) is 0 Å². The summed E-state index contributed by atoms with van der Waals surface area (Å²) in [6, 6.07) is 0.805. The fourth-order valence-electron chi connectivity index (χ4n) is 0.598. The second-order valence-corrected chi connectivity index (χ2v) is 2.40. The highest BCUT2D eigenvalue weighted by Crippen LogP contribution is 2.26. The van der Waals surface area contributed by atoms with Crippen molar-refractivity contribution in [1.82, 2.24) is 9.78 Å². The predicted molar refractivity (Wildman–Crippen MR) is 39.4 cm³/mol. The van der Waals surface area contributed by atoms with Crippen LogP contribution in [0.25, 0.3) is 0 Å². The maximum Gasteiger partial charge on any atom is 0.435 e. The van der Waals surface area contributed by atoms with Gasteiger partial charge in [-0.3, -0.25) is 0 Å². The van der Waals surface area contributed by atoms with E-state index in [4.69, 9.17) is 5.73 Å². The first-order valence-corrected chi connectivity index (χ1v) is 3.25. The number of nitrogens with two attached hydrogens (primary N) is 1. The van der Waals surface area contributed by atoms with Gasteiger partial charge >= 0.3 is 6.18 Å². The third-order valence-electron chi connectivity index (χ3n) is 1.11. The summed E-state index contributed by atoms with van der Waals surface area (Å²) >= 11 is 4.41. The van der Waals surface area contributed by atoms with Crippen LogP contribution < -0.4 is 5.73 Å². The van der Waals surface area contributed by atoms with E-state index in [0.29, 0.717) is 0 Å². The average Bonchev–Trinajstić information content (AvgIpc) is 2.30. The Morgan fingerprint density at radius 2 is 2.17 bits per heavy atom. The Bertz CT molecular complexity index is 303. The van der Waals surface area contributed by atoms with Gasteiger partial charge in [0.2, 0.25) is 0 Å². The SMILES string of the molecule is NC(=S)n1ccc(C(F)(F)F)n1. The first-order chi connectivity index (χ1) is 5.41. The van der Waals surface area contributed by atoms with Crippen molar-refractivity contribution in [2.45, 2.75) is 6.18 Å². The topological polar surface area (TPSA) is 43.8 Å². The van der Waals surface area contributed by atoms with Crippen LogP contribution in [0.1, 0.15) is 5.69 Å². The van der Waals surface area contributed by atoms with Gasteiger partial charge in [-0.05, 0) is 18.3 Å². The smallest absolute Gasteiger partial charge is 0.374 e. The van der Waals surface area contributed by atoms with E-state index >= 15 is 0 Å². The number of halogens is 3. The van der Waals surface area contributed by atoms with Crippen LogP contribution in [-0.4, -0.2) is 14.9 Å². The van der Waals surface area contributed by atoms with Gasteiger partial charge in [0.05, 0.1) is 0 Å². The summed E-state index contributed by atoms with van der Waals surface area (Å²) < 4.78 is 36.5. The predicted octanol–water partition coefficient (Wildman–Crippen LogP) is 0.994. The van der Waals surface area contributed by atoms with Gasteiger partial charge in [-0.15, -0.1) is 0 Å². The average molecular weight is 195 g/mol. The van der Waals surface area contributed by atoms with Crippen LogP contribution in [0.3, 0.4) is 0 Å².